The van der Waals surface area contributed by atoms with Crippen molar-refractivity contribution >= 4 is 11.9 Å². The molecule has 0 saturated heterocycles. The smallest absolute Gasteiger partial charge is 0.328 e. The Balaban J connectivity index is 2.67. The van der Waals surface area contributed by atoms with E-state index in [2.05, 4.69) is 5.32 Å². The minimum absolute atomic E-state index is 0.249. The minimum atomic E-state index is -1.25. The van der Waals surface area contributed by atoms with Crippen LogP contribution in [0.5, 0.6) is 0 Å². The van der Waals surface area contributed by atoms with Gasteiger partial charge in [-0.1, -0.05) is 6.42 Å². The van der Waals surface area contributed by atoms with E-state index < -0.39 is 24.0 Å². The predicted octanol–water partition coefficient (Wildman–Crippen LogP) is -0.934. The predicted molar refractivity (Wildman–Crippen MR) is 56.6 cm³/mol. The highest BCUT2D eigenvalue weighted by Gasteiger charge is 2.43. The second kappa shape index (κ2) is 4.80. The Morgan fingerprint density at radius 1 is 1.62 bits per heavy atom. The van der Waals surface area contributed by atoms with Gasteiger partial charge in [-0.3, -0.25) is 4.79 Å². The highest BCUT2D eigenvalue weighted by molar-refractivity contribution is 5.88. The second-order valence-electron chi connectivity index (χ2n) is 4.46. The van der Waals surface area contributed by atoms with Gasteiger partial charge in [-0.15, -0.1) is 0 Å². The first-order valence-electron chi connectivity index (χ1n) is 5.32. The SMILES string of the molecule is CC1(C(=O)N[C@H](CO)C(=O)O)CCCC1N. The third-order valence-corrected chi connectivity index (χ3v) is 3.33. The van der Waals surface area contributed by atoms with E-state index in [1.165, 1.54) is 0 Å². The molecule has 0 radical (unpaired) electrons. The van der Waals surface area contributed by atoms with Crippen LogP contribution in [0.15, 0.2) is 0 Å². The van der Waals surface area contributed by atoms with Gasteiger partial charge in [-0.05, 0) is 19.8 Å². The number of carbonyl (C=O) groups excluding carboxylic acids is 1. The standard InChI is InChI=1S/C10H18N2O4/c1-10(4-2-3-7(10)11)9(16)12-6(5-13)8(14)15/h6-7,13H,2-5,11H2,1H3,(H,12,16)(H,14,15)/t6-,7?,10?/m1/s1. The molecule has 1 aliphatic carbocycles. The lowest BCUT2D eigenvalue weighted by atomic mass is 9.84. The van der Waals surface area contributed by atoms with Crippen LogP contribution in [0.25, 0.3) is 0 Å². The average molecular weight is 230 g/mol. The maximum Gasteiger partial charge on any atom is 0.328 e. The van der Waals surface area contributed by atoms with E-state index >= 15 is 0 Å². The Bertz CT molecular complexity index is 295. The molecule has 1 rings (SSSR count). The largest absolute Gasteiger partial charge is 0.480 e. The van der Waals surface area contributed by atoms with Crippen LogP contribution in [-0.4, -0.2) is 40.8 Å². The van der Waals surface area contributed by atoms with E-state index in [1.807, 2.05) is 0 Å². The van der Waals surface area contributed by atoms with Crippen LogP contribution in [0.2, 0.25) is 0 Å². The zero-order valence-electron chi connectivity index (χ0n) is 9.27. The molecule has 0 spiro atoms. The molecule has 1 fully saturated rings. The highest BCUT2D eigenvalue weighted by atomic mass is 16.4. The first kappa shape index (κ1) is 12.9. The summed E-state index contributed by atoms with van der Waals surface area (Å²) in [5.74, 6) is -1.63. The number of nitrogens with two attached hydrogens (primary N) is 1. The summed E-state index contributed by atoms with van der Waals surface area (Å²) in [5, 5.41) is 19.8. The molecule has 5 N–H and O–H groups in total. The lowest BCUT2D eigenvalue weighted by Gasteiger charge is -2.28. The molecule has 1 saturated carbocycles. The van der Waals surface area contributed by atoms with Crippen LogP contribution < -0.4 is 11.1 Å². The number of hydrogen-bond donors (Lipinski definition) is 4. The molecule has 1 amide bonds. The Hall–Kier alpha value is -1.14. The summed E-state index contributed by atoms with van der Waals surface area (Å²) in [6.45, 7) is 1.11. The van der Waals surface area contributed by atoms with Crippen LogP contribution in [0.3, 0.4) is 0 Å². The summed E-state index contributed by atoms with van der Waals surface area (Å²) in [4.78, 5) is 22.5. The van der Waals surface area contributed by atoms with Crippen molar-refractivity contribution in [3.05, 3.63) is 0 Å². The molecule has 92 valence electrons. The Morgan fingerprint density at radius 2 is 2.25 bits per heavy atom. The van der Waals surface area contributed by atoms with E-state index in [9.17, 15) is 9.59 Å². The number of carboxylic acid groups (broad SMARTS) is 1. The molecule has 0 aromatic carbocycles. The molecule has 3 atom stereocenters. The first-order valence-corrected chi connectivity index (χ1v) is 5.32. The van der Waals surface area contributed by atoms with Gasteiger partial charge in [0.25, 0.3) is 0 Å². The molecule has 2 unspecified atom stereocenters. The van der Waals surface area contributed by atoms with Gasteiger partial charge in [-0.25, -0.2) is 4.79 Å². The number of aliphatic hydroxyl groups is 1. The van der Waals surface area contributed by atoms with Crippen molar-refractivity contribution in [3.63, 3.8) is 0 Å². The van der Waals surface area contributed by atoms with Crippen molar-refractivity contribution in [1.82, 2.24) is 5.32 Å². The molecule has 0 bridgehead atoms. The highest BCUT2D eigenvalue weighted by Crippen LogP contribution is 2.36. The van der Waals surface area contributed by atoms with Gasteiger partial charge in [0.1, 0.15) is 6.04 Å². The normalized spacial score (nSPS) is 31.1. The van der Waals surface area contributed by atoms with Gasteiger partial charge in [-0.2, -0.15) is 0 Å². The van der Waals surface area contributed by atoms with Crippen LogP contribution in [-0.2, 0) is 9.59 Å². The molecular formula is C10H18N2O4. The molecule has 0 aromatic rings. The number of nitrogens with one attached hydrogen (secondary N) is 1. The van der Waals surface area contributed by atoms with Crippen molar-refractivity contribution in [1.29, 1.82) is 0 Å². The number of hydrogen-bond acceptors (Lipinski definition) is 4. The Morgan fingerprint density at radius 3 is 2.62 bits per heavy atom. The molecule has 1 aliphatic rings. The van der Waals surface area contributed by atoms with Crippen LogP contribution in [0.1, 0.15) is 26.2 Å². The molecule has 6 nitrogen and oxygen atoms in total. The molecule has 16 heavy (non-hydrogen) atoms. The van der Waals surface area contributed by atoms with Crippen LogP contribution in [0.4, 0.5) is 0 Å². The number of amides is 1. The van der Waals surface area contributed by atoms with E-state index in [4.69, 9.17) is 15.9 Å². The van der Waals surface area contributed by atoms with E-state index in [-0.39, 0.29) is 11.9 Å². The van der Waals surface area contributed by atoms with Crippen LogP contribution >= 0.6 is 0 Å². The van der Waals surface area contributed by atoms with E-state index in [0.717, 1.165) is 12.8 Å². The van der Waals surface area contributed by atoms with Crippen molar-refractivity contribution in [2.45, 2.75) is 38.3 Å². The zero-order valence-corrected chi connectivity index (χ0v) is 9.27. The number of carbonyl (C=O) groups is 2. The molecule has 6 heteroatoms. The fourth-order valence-corrected chi connectivity index (χ4v) is 1.98. The summed E-state index contributed by atoms with van der Waals surface area (Å²) in [7, 11) is 0. The fourth-order valence-electron chi connectivity index (χ4n) is 1.98. The summed E-state index contributed by atoms with van der Waals surface area (Å²) in [5.41, 5.74) is 5.12. The third-order valence-electron chi connectivity index (χ3n) is 3.33. The number of aliphatic carboxylic acids is 1. The van der Waals surface area contributed by atoms with E-state index in [0.29, 0.717) is 6.42 Å². The second-order valence-corrected chi connectivity index (χ2v) is 4.46. The molecule has 0 heterocycles. The molecule has 0 aromatic heterocycles. The van der Waals surface area contributed by atoms with Gasteiger partial charge in [0.2, 0.25) is 5.91 Å². The molecular weight excluding hydrogens is 212 g/mol. The summed E-state index contributed by atoms with van der Waals surface area (Å²) >= 11 is 0. The Kier molecular flexibility index (Phi) is 3.88. The monoisotopic (exact) mass is 230 g/mol. The maximum absolute atomic E-state index is 11.9. The first-order chi connectivity index (χ1) is 7.41. The van der Waals surface area contributed by atoms with Crippen molar-refractivity contribution in [2.75, 3.05) is 6.61 Å². The molecule has 0 aliphatic heterocycles. The number of carboxylic acids is 1. The quantitative estimate of drug-likeness (QED) is 0.498. The van der Waals surface area contributed by atoms with Crippen molar-refractivity contribution in [3.8, 4) is 0 Å². The van der Waals surface area contributed by atoms with E-state index in [1.54, 1.807) is 6.92 Å². The topological polar surface area (TPSA) is 113 Å². The van der Waals surface area contributed by atoms with Crippen molar-refractivity contribution in [2.24, 2.45) is 11.1 Å². The summed E-state index contributed by atoms with van der Waals surface area (Å²) in [6.07, 6.45) is 2.28. The van der Waals surface area contributed by atoms with Gasteiger partial charge >= 0.3 is 5.97 Å². The lowest BCUT2D eigenvalue weighted by Crippen LogP contribution is -2.53. The number of aliphatic hydroxyl groups excluding tert-OH is 1. The van der Waals surface area contributed by atoms with Gasteiger partial charge in [0.15, 0.2) is 0 Å². The van der Waals surface area contributed by atoms with Crippen LogP contribution in [0, 0.1) is 5.41 Å². The lowest BCUT2D eigenvalue weighted by molar-refractivity contribution is -0.145. The Labute approximate surface area is 93.8 Å². The average Bonchev–Trinajstić information content (AvgIpc) is 2.56. The summed E-state index contributed by atoms with van der Waals surface area (Å²) < 4.78 is 0. The van der Waals surface area contributed by atoms with Gasteiger partial charge < -0.3 is 21.3 Å². The zero-order chi connectivity index (χ0) is 12.3. The number of rotatable bonds is 4. The minimum Gasteiger partial charge on any atom is -0.480 e. The van der Waals surface area contributed by atoms with Crippen molar-refractivity contribution < 1.29 is 19.8 Å². The van der Waals surface area contributed by atoms with Gasteiger partial charge in [0.05, 0.1) is 12.0 Å². The summed E-state index contributed by atoms with van der Waals surface area (Å²) in [6, 6.07) is -1.50. The fraction of sp³-hybridized carbons (Fsp3) is 0.800. The van der Waals surface area contributed by atoms with Gasteiger partial charge in [0, 0.05) is 6.04 Å². The third kappa shape index (κ3) is 2.33. The maximum atomic E-state index is 11.9.